The number of halogens is 2. The molecule has 2 heterocycles. The van der Waals surface area contributed by atoms with Crippen LogP contribution in [-0.4, -0.2) is 22.9 Å². The minimum Gasteiger partial charge on any atom is -0.367 e. The fourth-order valence-corrected chi connectivity index (χ4v) is 6.68. The average Bonchev–Trinajstić information content (AvgIpc) is 3.54. The van der Waals surface area contributed by atoms with E-state index < -0.39 is 0 Å². The van der Waals surface area contributed by atoms with Gasteiger partial charge in [0.25, 0.3) is 11.4 Å². The molecular formula is C34H34ClFN4O4. The van der Waals surface area contributed by atoms with Crippen molar-refractivity contribution in [3.63, 3.8) is 0 Å². The standard InChI is InChI=1S/C17H17ClN2O2.C17H17FN2O2/c1-11-8-16-15(12(2)17(11)20(21)22)6-7-19(16)10-13-4-3-5-14(18)9-13;1-11-9-16-15(12(2)17(11)20(21)22)7-8-19(16)10-13-3-5-14(18)6-4-13/h3-5,8-9H,6-7,10H2,1-2H3;3-6,9H,7-8,10H2,1-2H3. The number of rotatable bonds is 6. The van der Waals surface area contributed by atoms with E-state index in [9.17, 15) is 24.6 Å². The third-order valence-corrected chi connectivity index (χ3v) is 8.78. The second-order valence-corrected chi connectivity index (χ2v) is 11.9. The molecule has 0 radical (unpaired) electrons. The number of nitrogens with zero attached hydrogens (tertiary/aromatic N) is 4. The van der Waals surface area contributed by atoms with Crippen LogP contribution in [0.1, 0.15) is 44.5 Å². The Bertz CT molecular complexity index is 1760. The Kier molecular flexibility index (Phi) is 8.87. The van der Waals surface area contributed by atoms with E-state index in [-0.39, 0.29) is 27.0 Å². The maximum atomic E-state index is 13.0. The van der Waals surface area contributed by atoms with Gasteiger partial charge in [-0.3, -0.25) is 20.2 Å². The SMILES string of the molecule is Cc1cc2c(c(C)c1[N+](=O)[O-])CCN2Cc1ccc(F)cc1.Cc1cc2c(c(C)c1[N+](=O)[O-])CCN2Cc1cccc(Cl)c1. The van der Waals surface area contributed by atoms with Crippen LogP contribution in [0, 0.1) is 53.7 Å². The first-order valence-corrected chi connectivity index (χ1v) is 14.9. The van der Waals surface area contributed by atoms with Gasteiger partial charge in [0.15, 0.2) is 0 Å². The molecule has 44 heavy (non-hydrogen) atoms. The number of benzene rings is 4. The summed E-state index contributed by atoms with van der Waals surface area (Å²) in [5, 5.41) is 23.2. The van der Waals surface area contributed by atoms with Gasteiger partial charge in [-0.05, 0) is 99.2 Å². The van der Waals surface area contributed by atoms with Crippen molar-refractivity contribution in [3.8, 4) is 0 Å². The van der Waals surface area contributed by atoms with Crippen molar-refractivity contribution in [2.24, 2.45) is 0 Å². The van der Waals surface area contributed by atoms with Gasteiger partial charge in [0.2, 0.25) is 0 Å². The molecule has 6 rings (SSSR count). The van der Waals surface area contributed by atoms with Gasteiger partial charge in [-0.25, -0.2) is 4.39 Å². The zero-order chi connectivity index (χ0) is 31.7. The molecule has 0 saturated heterocycles. The van der Waals surface area contributed by atoms with Gasteiger partial charge in [-0.15, -0.1) is 0 Å². The van der Waals surface area contributed by atoms with E-state index in [2.05, 4.69) is 15.9 Å². The lowest BCUT2D eigenvalue weighted by atomic mass is 10.0. The molecule has 0 fully saturated rings. The number of aryl methyl sites for hydroxylation is 2. The Labute approximate surface area is 261 Å². The van der Waals surface area contributed by atoms with Gasteiger partial charge in [0.05, 0.1) is 9.85 Å². The predicted molar refractivity (Wildman–Crippen MR) is 173 cm³/mol. The first-order valence-electron chi connectivity index (χ1n) is 14.5. The first-order chi connectivity index (χ1) is 20.9. The first kappa shape index (κ1) is 30.9. The molecule has 0 saturated carbocycles. The highest BCUT2D eigenvalue weighted by Gasteiger charge is 2.29. The molecule has 2 aliphatic rings. The number of anilines is 2. The maximum absolute atomic E-state index is 13.0. The van der Waals surface area contributed by atoms with Gasteiger partial charge < -0.3 is 9.80 Å². The van der Waals surface area contributed by atoms with Crippen molar-refractivity contribution in [2.75, 3.05) is 22.9 Å². The van der Waals surface area contributed by atoms with Crippen molar-refractivity contribution in [3.05, 3.63) is 136 Å². The molecule has 4 aromatic carbocycles. The maximum Gasteiger partial charge on any atom is 0.275 e. The molecule has 0 amide bonds. The van der Waals surface area contributed by atoms with E-state index in [1.165, 1.54) is 12.1 Å². The number of hydrogen-bond acceptors (Lipinski definition) is 6. The van der Waals surface area contributed by atoms with Crippen LogP contribution < -0.4 is 9.80 Å². The molecule has 0 N–H and O–H groups in total. The summed E-state index contributed by atoms with van der Waals surface area (Å²) in [6.45, 7) is 10.4. The minimum absolute atomic E-state index is 0.224. The normalized spacial score (nSPS) is 13.3. The van der Waals surface area contributed by atoms with Crippen LogP contribution in [0.3, 0.4) is 0 Å². The van der Waals surface area contributed by atoms with Crippen molar-refractivity contribution in [1.29, 1.82) is 0 Å². The molecule has 0 aliphatic carbocycles. The highest BCUT2D eigenvalue weighted by Crippen LogP contribution is 2.40. The van der Waals surface area contributed by atoms with E-state index in [1.807, 2.05) is 44.2 Å². The van der Waals surface area contributed by atoms with Crippen LogP contribution in [0.25, 0.3) is 0 Å². The van der Waals surface area contributed by atoms with E-state index >= 15 is 0 Å². The monoisotopic (exact) mass is 616 g/mol. The van der Waals surface area contributed by atoms with Crippen LogP contribution in [0.2, 0.25) is 5.02 Å². The number of nitro groups is 2. The van der Waals surface area contributed by atoms with Crippen molar-refractivity contribution in [2.45, 2.75) is 53.6 Å². The van der Waals surface area contributed by atoms with E-state index in [1.54, 1.807) is 26.0 Å². The predicted octanol–water partition coefficient (Wildman–Crippen LogP) is 8.34. The van der Waals surface area contributed by atoms with Gasteiger partial charge in [0.1, 0.15) is 5.82 Å². The fourth-order valence-electron chi connectivity index (χ4n) is 6.47. The summed E-state index contributed by atoms with van der Waals surface area (Å²) < 4.78 is 13.0. The summed E-state index contributed by atoms with van der Waals surface area (Å²) >= 11 is 6.04. The Balaban J connectivity index is 0.000000175. The van der Waals surface area contributed by atoms with Gasteiger partial charge >= 0.3 is 0 Å². The molecule has 0 aromatic heterocycles. The molecule has 2 aliphatic heterocycles. The molecule has 8 nitrogen and oxygen atoms in total. The van der Waals surface area contributed by atoms with E-state index in [0.717, 1.165) is 87.8 Å². The topological polar surface area (TPSA) is 92.8 Å². The summed E-state index contributed by atoms with van der Waals surface area (Å²) in [5.74, 6) is -0.243. The van der Waals surface area contributed by atoms with Crippen molar-refractivity contribution < 1.29 is 14.2 Å². The average molecular weight is 617 g/mol. The van der Waals surface area contributed by atoms with E-state index in [4.69, 9.17) is 11.6 Å². The zero-order valence-electron chi connectivity index (χ0n) is 25.2. The van der Waals surface area contributed by atoms with Crippen LogP contribution in [-0.2, 0) is 25.9 Å². The quantitative estimate of drug-likeness (QED) is 0.160. The third kappa shape index (κ3) is 6.24. The highest BCUT2D eigenvalue weighted by molar-refractivity contribution is 6.30. The van der Waals surface area contributed by atoms with Gasteiger partial charge in [0, 0.05) is 64.8 Å². The van der Waals surface area contributed by atoms with Crippen LogP contribution in [0.5, 0.6) is 0 Å². The zero-order valence-corrected chi connectivity index (χ0v) is 25.9. The Hall–Kier alpha value is -4.50. The minimum atomic E-state index is -0.298. The van der Waals surface area contributed by atoms with Crippen molar-refractivity contribution >= 4 is 34.4 Å². The lowest BCUT2D eigenvalue weighted by Crippen LogP contribution is -2.19. The number of nitro benzene ring substituents is 2. The van der Waals surface area contributed by atoms with Gasteiger partial charge in [-0.2, -0.15) is 0 Å². The summed E-state index contributed by atoms with van der Waals surface area (Å²) in [6.07, 6.45) is 1.66. The third-order valence-electron chi connectivity index (χ3n) is 8.55. The highest BCUT2D eigenvalue weighted by atomic mass is 35.5. The summed E-state index contributed by atoms with van der Waals surface area (Å²) in [5.41, 5.74) is 9.95. The fraction of sp³-hybridized carbons (Fsp3) is 0.294. The molecule has 0 atom stereocenters. The number of hydrogen-bond donors (Lipinski definition) is 0. The van der Waals surface area contributed by atoms with Crippen molar-refractivity contribution in [1.82, 2.24) is 0 Å². The molecule has 4 aromatic rings. The van der Waals surface area contributed by atoms with Crippen LogP contribution >= 0.6 is 11.6 Å². The largest absolute Gasteiger partial charge is 0.367 e. The Morgan fingerprint density at radius 2 is 1.20 bits per heavy atom. The molecule has 10 heteroatoms. The summed E-state index contributed by atoms with van der Waals surface area (Å²) in [7, 11) is 0. The van der Waals surface area contributed by atoms with E-state index in [0.29, 0.717) is 12.1 Å². The smallest absolute Gasteiger partial charge is 0.275 e. The lowest BCUT2D eigenvalue weighted by molar-refractivity contribution is -0.386. The van der Waals surface area contributed by atoms with Gasteiger partial charge in [-0.1, -0.05) is 35.9 Å². The molecule has 0 spiro atoms. The summed E-state index contributed by atoms with van der Waals surface area (Å²) in [6, 6.07) is 18.1. The second kappa shape index (κ2) is 12.6. The molecule has 228 valence electrons. The Morgan fingerprint density at radius 1 is 0.727 bits per heavy atom. The number of fused-ring (bicyclic) bond motifs is 2. The Morgan fingerprint density at radius 3 is 1.66 bits per heavy atom. The van der Waals surface area contributed by atoms with Crippen LogP contribution in [0.15, 0.2) is 60.7 Å². The molecular weight excluding hydrogens is 583 g/mol. The molecule has 0 unspecified atom stereocenters. The molecule has 0 bridgehead atoms. The lowest BCUT2D eigenvalue weighted by Gasteiger charge is -2.20. The summed E-state index contributed by atoms with van der Waals surface area (Å²) in [4.78, 5) is 26.3. The second-order valence-electron chi connectivity index (χ2n) is 11.4. The van der Waals surface area contributed by atoms with Crippen LogP contribution in [0.4, 0.5) is 27.1 Å².